The van der Waals surface area contributed by atoms with E-state index in [1.807, 2.05) is 4.90 Å². The molecule has 0 aromatic heterocycles. The van der Waals surface area contributed by atoms with Gasteiger partial charge in [0.2, 0.25) is 0 Å². The first-order chi connectivity index (χ1) is 8.76. The van der Waals surface area contributed by atoms with Crippen LogP contribution < -0.4 is 34.7 Å². The molecule has 0 amide bonds. The largest absolute Gasteiger partial charge is 1.00 e. The van der Waals surface area contributed by atoms with Gasteiger partial charge in [-0.15, -0.1) is 0 Å². The van der Waals surface area contributed by atoms with Crippen LogP contribution in [0.15, 0.2) is 0 Å². The number of aliphatic carboxylic acids is 1. The number of carbonyl (C=O) groups is 1. The van der Waals surface area contributed by atoms with E-state index >= 15 is 0 Å². The third-order valence-electron chi connectivity index (χ3n) is 5.60. The van der Waals surface area contributed by atoms with E-state index in [-0.39, 0.29) is 71.1 Å². The van der Waals surface area contributed by atoms with Crippen LogP contribution >= 0.6 is 0 Å². The Morgan fingerprint density at radius 3 is 2.00 bits per heavy atom. The van der Waals surface area contributed by atoms with Crippen molar-refractivity contribution >= 4 is 5.97 Å². The zero-order chi connectivity index (χ0) is 13.6. The van der Waals surface area contributed by atoms with Gasteiger partial charge in [0, 0.05) is 22.8 Å². The Balaban J connectivity index is 0.00000121. The molecule has 4 heterocycles. The summed E-state index contributed by atoms with van der Waals surface area (Å²) in [6.07, 6.45) is 2.66. The third kappa shape index (κ3) is 1.74. The van der Waals surface area contributed by atoms with Gasteiger partial charge < -0.3 is 19.4 Å². The molecular weight excluding hydrogens is 269 g/mol. The van der Waals surface area contributed by atoms with E-state index < -0.39 is 5.97 Å². The maximum atomic E-state index is 11.0. The second kappa shape index (κ2) is 4.21. The smallest absolute Gasteiger partial charge is 0.549 e. The van der Waals surface area contributed by atoms with Gasteiger partial charge in [0.25, 0.3) is 0 Å². The topological polar surface area (TPSA) is 61.8 Å². The maximum Gasteiger partial charge on any atom is 1.00 e. The van der Waals surface area contributed by atoms with Gasteiger partial charge in [0.1, 0.15) is 12.5 Å². The van der Waals surface area contributed by atoms with E-state index in [1.165, 1.54) is 0 Å². The van der Waals surface area contributed by atoms with Crippen LogP contribution in [0, 0.1) is 16.2 Å². The van der Waals surface area contributed by atoms with Gasteiger partial charge in [-0.3, -0.25) is 0 Å². The van der Waals surface area contributed by atoms with E-state index in [0.717, 1.165) is 19.3 Å². The molecular formula is C14H20NNaO4. The molecule has 4 atom stereocenters. The van der Waals surface area contributed by atoms with Crippen molar-refractivity contribution in [3.8, 4) is 0 Å². The number of ether oxygens (including phenoxy) is 2. The molecule has 4 saturated heterocycles. The maximum absolute atomic E-state index is 11.0. The number of carboxylic acid groups (broad SMARTS) is 1. The molecule has 0 spiro atoms. The van der Waals surface area contributed by atoms with Crippen LogP contribution in [0.2, 0.25) is 0 Å². The average molecular weight is 289 g/mol. The molecule has 4 unspecified atom stereocenters. The number of hydrogen-bond donors (Lipinski definition) is 0. The summed E-state index contributed by atoms with van der Waals surface area (Å²) < 4.78 is 12.2. The van der Waals surface area contributed by atoms with Gasteiger partial charge in [-0.1, -0.05) is 20.8 Å². The molecule has 106 valence electrons. The molecule has 5 nitrogen and oxygen atoms in total. The van der Waals surface area contributed by atoms with Crippen molar-refractivity contribution in [3.63, 3.8) is 0 Å². The molecule has 5 aliphatic rings. The first-order valence-corrected chi connectivity index (χ1v) is 7.02. The van der Waals surface area contributed by atoms with Gasteiger partial charge in [0.15, 0.2) is 6.29 Å². The average Bonchev–Trinajstić information content (AvgIpc) is 2.23. The molecule has 0 aromatic carbocycles. The summed E-state index contributed by atoms with van der Waals surface area (Å²) in [5.74, 6) is -1.06. The van der Waals surface area contributed by atoms with Crippen LogP contribution in [0.25, 0.3) is 0 Å². The summed E-state index contributed by atoms with van der Waals surface area (Å²) in [5, 5.41) is 11.0. The van der Waals surface area contributed by atoms with Gasteiger partial charge >= 0.3 is 29.6 Å². The fourth-order valence-electron chi connectivity index (χ4n) is 5.79. The molecule has 6 bridgehead atoms. The van der Waals surface area contributed by atoms with Crippen molar-refractivity contribution in [2.24, 2.45) is 16.2 Å². The zero-order valence-electron chi connectivity index (χ0n) is 12.6. The normalized spacial score (nSPS) is 55.9. The Morgan fingerprint density at radius 2 is 1.55 bits per heavy atom. The number of piperidine rings is 1. The summed E-state index contributed by atoms with van der Waals surface area (Å²) in [4.78, 5) is 12.9. The number of hydrogen-bond acceptors (Lipinski definition) is 5. The number of carbonyl (C=O) groups excluding carboxylic acids is 1. The van der Waals surface area contributed by atoms with E-state index in [4.69, 9.17) is 9.47 Å². The van der Waals surface area contributed by atoms with Crippen LogP contribution in [-0.4, -0.2) is 36.2 Å². The van der Waals surface area contributed by atoms with E-state index in [2.05, 4.69) is 20.8 Å². The minimum atomic E-state index is -1.06. The quantitative estimate of drug-likeness (QED) is 0.518. The van der Waals surface area contributed by atoms with Crippen LogP contribution in [0.1, 0.15) is 40.0 Å². The van der Waals surface area contributed by atoms with Crippen molar-refractivity contribution in [3.05, 3.63) is 0 Å². The Bertz CT molecular complexity index is 436. The summed E-state index contributed by atoms with van der Waals surface area (Å²) in [7, 11) is 0. The van der Waals surface area contributed by atoms with Crippen molar-refractivity contribution in [1.29, 1.82) is 0 Å². The summed E-state index contributed by atoms with van der Waals surface area (Å²) in [6, 6.07) is 0. The number of rotatable bonds is 2. The van der Waals surface area contributed by atoms with Crippen molar-refractivity contribution in [1.82, 2.24) is 4.90 Å². The van der Waals surface area contributed by atoms with Crippen LogP contribution in [0.5, 0.6) is 0 Å². The predicted octanol–water partition coefficient (Wildman–Crippen LogP) is -2.70. The molecule has 1 saturated carbocycles. The number of nitrogens with zero attached hydrogens (tertiary/aromatic N) is 1. The minimum absolute atomic E-state index is 0. The minimum Gasteiger partial charge on any atom is -0.549 e. The second-order valence-corrected chi connectivity index (χ2v) is 7.85. The third-order valence-corrected chi connectivity index (χ3v) is 5.60. The second-order valence-electron chi connectivity index (χ2n) is 7.85. The Labute approximate surface area is 141 Å². The molecule has 0 N–H and O–H groups in total. The molecule has 5 rings (SSSR count). The standard InChI is InChI=1S/C14H21NO4.Na/c1-12-5-13(2)7-14(3,6-12)11-18-9(12)15(4-8(16)17)10(13)19-11;/h9-11H,4-7H2,1-3H3,(H,16,17);/q;+1/p-1. The van der Waals surface area contributed by atoms with Crippen LogP contribution in [0.4, 0.5) is 0 Å². The van der Waals surface area contributed by atoms with E-state index in [9.17, 15) is 9.90 Å². The van der Waals surface area contributed by atoms with Crippen molar-refractivity contribution in [2.45, 2.75) is 58.8 Å². The predicted molar refractivity (Wildman–Crippen MR) is 63.4 cm³/mol. The SMILES string of the molecule is CC12CC3(C)CC(C)(C1)C1OC2OC3N1CC(=O)[O-].[Na+]. The van der Waals surface area contributed by atoms with Crippen LogP contribution in [0.3, 0.4) is 0 Å². The van der Waals surface area contributed by atoms with E-state index in [1.54, 1.807) is 0 Å². The Hall–Kier alpha value is 0.350. The molecule has 20 heavy (non-hydrogen) atoms. The van der Waals surface area contributed by atoms with Crippen molar-refractivity contribution in [2.75, 3.05) is 6.54 Å². The molecule has 0 aromatic rings. The summed E-state index contributed by atoms with van der Waals surface area (Å²) in [5.41, 5.74) is 0.115. The fourth-order valence-corrected chi connectivity index (χ4v) is 5.79. The Kier molecular flexibility index (Phi) is 3.21. The molecule has 6 heteroatoms. The fraction of sp³-hybridized carbons (Fsp3) is 0.929. The summed E-state index contributed by atoms with van der Waals surface area (Å²) in [6.45, 7) is 6.60. The first-order valence-electron chi connectivity index (χ1n) is 7.02. The number of carboxylic acids is 1. The van der Waals surface area contributed by atoms with E-state index in [0.29, 0.717) is 0 Å². The summed E-state index contributed by atoms with van der Waals surface area (Å²) >= 11 is 0. The molecule has 5 fully saturated rings. The molecule has 1 aliphatic carbocycles. The zero-order valence-corrected chi connectivity index (χ0v) is 14.6. The monoisotopic (exact) mass is 289 g/mol. The van der Waals surface area contributed by atoms with Gasteiger partial charge in [-0.05, 0) is 19.3 Å². The molecule has 4 aliphatic heterocycles. The van der Waals surface area contributed by atoms with Crippen LogP contribution in [-0.2, 0) is 14.3 Å². The van der Waals surface area contributed by atoms with Crippen molar-refractivity contribution < 1.29 is 48.9 Å². The van der Waals surface area contributed by atoms with Gasteiger partial charge in [-0.25, -0.2) is 4.90 Å². The first kappa shape index (κ1) is 15.3. The Morgan fingerprint density at radius 1 is 1.10 bits per heavy atom. The van der Waals surface area contributed by atoms with Gasteiger partial charge in [-0.2, -0.15) is 0 Å². The van der Waals surface area contributed by atoms with Gasteiger partial charge in [0.05, 0.1) is 5.97 Å². The molecule has 0 radical (unpaired) electrons.